The average Bonchev–Trinajstić information content (AvgIpc) is 2.59. The molecular formula is C17H18ClN3O5. The number of ketones is 2. The number of amides is 1. The van der Waals surface area contributed by atoms with Crippen molar-refractivity contribution < 1.29 is 23.9 Å². The molecule has 0 aliphatic heterocycles. The summed E-state index contributed by atoms with van der Waals surface area (Å²) in [4.78, 5) is 55.6. The Morgan fingerprint density at radius 2 is 1.81 bits per heavy atom. The van der Waals surface area contributed by atoms with Gasteiger partial charge in [-0.1, -0.05) is 11.6 Å². The van der Waals surface area contributed by atoms with E-state index in [9.17, 15) is 19.2 Å². The van der Waals surface area contributed by atoms with E-state index in [1.807, 2.05) is 0 Å². The van der Waals surface area contributed by atoms with E-state index in [4.69, 9.17) is 16.3 Å². The van der Waals surface area contributed by atoms with Crippen molar-refractivity contribution in [2.75, 3.05) is 0 Å². The molecule has 138 valence electrons. The van der Waals surface area contributed by atoms with Gasteiger partial charge in [0.2, 0.25) is 5.60 Å². The molecule has 0 aromatic carbocycles. The number of nitrogens with one attached hydrogen (secondary N) is 1. The van der Waals surface area contributed by atoms with Crippen molar-refractivity contribution >= 4 is 35.0 Å². The second-order valence-corrected chi connectivity index (χ2v) is 6.96. The Bertz CT molecular complexity index is 749. The van der Waals surface area contributed by atoms with Crippen molar-refractivity contribution in [1.29, 1.82) is 0 Å². The highest BCUT2D eigenvalue weighted by molar-refractivity contribution is 6.30. The van der Waals surface area contributed by atoms with E-state index < -0.39 is 23.4 Å². The van der Waals surface area contributed by atoms with Crippen molar-refractivity contribution in [3.05, 3.63) is 23.2 Å². The van der Waals surface area contributed by atoms with Crippen LogP contribution in [0, 0.1) is 5.92 Å². The zero-order chi connectivity index (χ0) is 18.7. The number of hydrogen-bond donors (Lipinski definition) is 1. The van der Waals surface area contributed by atoms with Crippen LogP contribution in [0.25, 0.3) is 0 Å². The van der Waals surface area contributed by atoms with E-state index in [2.05, 4.69) is 15.3 Å². The third-order valence-corrected chi connectivity index (χ3v) is 5.01. The highest BCUT2D eigenvalue weighted by atomic mass is 35.5. The number of ether oxygens (including phenoxy) is 1. The minimum absolute atomic E-state index is 0.0108. The maximum Gasteiger partial charge on any atom is 0.310 e. The molecule has 0 atom stereocenters. The van der Waals surface area contributed by atoms with E-state index in [-0.39, 0.29) is 36.1 Å². The predicted molar refractivity (Wildman–Crippen MR) is 88.9 cm³/mol. The summed E-state index contributed by atoms with van der Waals surface area (Å²) >= 11 is 5.90. The van der Waals surface area contributed by atoms with Crippen molar-refractivity contribution in [3.8, 4) is 0 Å². The number of nitrogens with zero attached hydrogens (tertiary/aromatic N) is 2. The Morgan fingerprint density at radius 1 is 1.15 bits per heavy atom. The molecule has 1 aromatic heterocycles. The van der Waals surface area contributed by atoms with Crippen LogP contribution in [-0.4, -0.2) is 39.0 Å². The van der Waals surface area contributed by atoms with Gasteiger partial charge in [0.15, 0.2) is 5.15 Å². The lowest BCUT2D eigenvalue weighted by Crippen LogP contribution is -2.59. The zero-order valence-corrected chi connectivity index (χ0v) is 14.8. The summed E-state index contributed by atoms with van der Waals surface area (Å²) in [6.07, 6.45) is 4.08. The molecule has 0 saturated heterocycles. The highest BCUT2D eigenvalue weighted by Gasteiger charge is 2.54. The van der Waals surface area contributed by atoms with Gasteiger partial charge in [-0.15, -0.1) is 0 Å². The molecule has 2 aliphatic carbocycles. The lowest BCUT2D eigenvalue weighted by Gasteiger charge is -2.39. The van der Waals surface area contributed by atoms with Crippen molar-refractivity contribution in [3.63, 3.8) is 0 Å². The molecule has 9 heteroatoms. The summed E-state index contributed by atoms with van der Waals surface area (Å²) < 4.78 is 5.45. The molecular weight excluding hydrogens is 362 g/mol. The Morgan fingerprint density at radius 3 is 2.42 bits per heavy atom. The van der Waals surface area contributed by atoms with Gasteiger partial charge >= 0.3 is 5.97 Å². The lowest BCUT2D eigenvalue weighted by atomic mass is 9.77. The number of halogens is 1. The fourth-order valence-electron chi connectivity index (χ4n) is 3.11. The van der Waals surface area contributed by atoms with E-state index in [1.54, 1.807) is 0 Å². The first kappa shape index (κ1) is 18.4. The van der Waals surface area contributed by atoms with Gasteiger partial charge in [0.05, 0.1) is 31.0 Å². The monoisotopic (exact) mass is 379 g/mol. The van der Waals surface area contributed by atoms with Gasteiger partial charge in [-0.05, 0) is 12.8 Å². The first-order chi connectivity index (χ1) is 12.4. The smallest absolute Gasteiger partial charge is 0.310 e. The van der Waals surface area contributed by atoms with Crippen LogP contribution in [0.1, 0.15) is 44.2 Å². The first-order valence-corrected chi connectivity index (χ1v) is 8.77. The Kier molecular flexibility index (Phi) is 5.31. The van der Waals surface area contributed by atoms with Gasteiger partial charge in [-0.25, -0.2) is 4.98 Å². The molecule has 1 heterocycles. The molecule has 1 amide bonds. The number of rotatable bonds is 5. The number of hydrogen-bond acceptors (Lipinski definition) is 7. The summed E-state index contributed by atoms with van der Waals surface area (Å²) in [7, 11) is 0. The Hall–Kier alpha value is -2.35. The third-order valence-electron chi connectivity index (χ3n) is 4.69. The molecule has 0 bridgehead atoms. The Labute approximate surface area is 154 Å². The lowest BCUT2D eigenvalue weighted by molar-refractivity contribution is -0.184. The first-order valence-electron chi connectivity index (χ1n) is 8.39. The second kappa shape index (κ2) is 7.49. The maximum atomic E-state index is 12.6. The van der Waals surface area contributed by atoms with Gasteiger partial charge in [0.25, 0.3) is 5.91 Å². The van der Waals surface area contributed by atoms with Gasteiger partial charge in [-0.2, -0.15) is 0 Å². The number of carbonyl (C=O) groups is 4. The van der Waals surface area contributed by atoms with Crippen LogP contribution >= 0.6 is 11.6 Å². The molecule has 8 nitrogen and oxygen atoms in total. The standard InChI is InChI=1S/C17H18ClN3O5/c18-14-13(19-5-6-20-14)9-21-16(25)17(7-12(23)8-17)26-15(24)10-1-3-11(22)4-2-10/h5-6,10H,1-4,7-9H2,(H,21,25). The largest absolute Gasteiger partial charge is 0.448 e. The number of esters is 1. The summed E-state index contributed by atoms with van der Waals surface area (Å²) in [5.41, 5.74) is -1.11. The Balaban J connectivity index is 1.62. The third kappa shape index (κ3) is 3.90. The molecule has 26 heavy (non-hydrogen) atoms. The van der Waals surface area contributed by atoms with Crippen LogP contribution in [0.5, 0.6) is 0 Å². The van der Waals surface area contributed by atoms with E-state index in [0.29, 0.717) is 31.4 Å². The fourth-order valence-corrected chi connectivity index (χ4v) is 3.28. The fraction of sp³-hybridized carbons (Fsp3) is 0.529. The van der Waals surface area contributed by atoms with Crippen LogP contribution in [-0.2, 0) is 30.5 Å². The summed E-state index contributed by atoms with van der Waals surface area (Å²) in [5, 5.41) is 2.77. The quantitative estimate of drug-likeness (QED) is 0.763. The highest BCUT2D eigenvalue weighted by Crippen LogP contribution is 2.35. The van der Waals surface area contributed by atoms with Crippen LogP contribution in [0.2, 0.25) is 5.15 Å². The minimum Gasteiger partial charge on any atom is -0.448 e. The summed E-state index contributed by atoms with van der Waals surface area (Å²) in [5.74, 6) is -1.52. The summed E-state index contributed by atoms with van der Waals surface area (Å²) in [6, 6.07) is 0. The second-order valence-electron chi connectivity index (χ2n) is 6.60. The van der Waals surface area contributed by atoms with E-state index in [0.717, 1.165) is 0 Å². The van der Waals surface area contributed by atoms with Gasteiger partial charge in [0.1, 0.15) is 11.6 Å². The van der Waals surface area contributed by atoms with Crippen LogP contribution < -0.4 is 5.32 Å². The molecule has 0 unspecified atom stereocenters. The molecule has 1 N–H and O–H groups in total. The molecule has 2 fully saturated rings. The number of carbonyl (C=O) groups excluding carboxylic acids is 4. The van der Waals surface area contributed by atoms with Crippen LogP contribution in [0.4, 0.5) is 0 Å². The maximum absolute atomic E-state index is 12.6. The van der Waals surface area contributed by atoms with Gasteiger partial charge < -0.3 is 10.1 Å². The molecule has 0 radical (unpaired) electrons. The topological polar surface area (TPSA) is 115 Å². The normalized spacial score (nSPS) is 19.6. The molecule has 3 rings (SSSR count). The average molecular weight is 380 g/mol. The molecule has 1 aromatic rings. The predicted octanol–water partition coefficient (Wildman–Crippen LogP) is 1.15. The van der Waals surface area contributed by atoms with Gasteiger partial charge in [-0.3, -0.25) is 24.2 Å². The van der Waals surface area contributed by atoms with E-state index >= 15 is 0 Å². The van der Waals surface area contributed by atoms with Crippen LogP contribution in [0.3, 0.4) is 0 Å². The van der Waals surface area contributed by atoms with E-state index in [1.165, 1.54) is 12.4 Å². The minimum atomic E-state index is -1.48. The SMILES string of the molecule is O=C1CCC(C(=O)OC2(C(=O)NCc3nccnc3Cl)CC(=O)C2)CC1. The zero-order valence-electron chi connectivity index (χ0n) is 14.0. The van der Waals surface area contributed by atoms with Crippen molar-refractivity contribution in [2.45, 2.75) is 50.7 Å². The molecule has 0 spiro atoms. The number of aromatic nitrogens is 2. The number of Topliss-reactive ketones (excluding diaryl/α,β-unsaturated/α-hetero) is 2. The molecule has 2 aliphatic rings. The van der Waals surface area contributed by atoms with Crippen molar-refractivity contribution in [2.24, 2.45) is 5.92 Å². The van der Waals surface area contributed by atoms with Gasteiger partial charge in [0, 0.05) is 25.2 Å². The summed E-state index contributed by atoms with van der Waals surface area (Å²) in [6.45, 7) is 0.0108. The molecule has 2 saturated carbocycles. The van der Waals surface area contributed by atoms with Crippen molar-refractivity contribution in [1.82, 2.24) is 15.3 Å². The van der Waals surface area contributed by atoms with Crippen LogP contribution in [0.15, 0.2) is 12.4 Å².